The topological polar surface area (TPSA) is 69.9 Å². The van der Waals surface area contributed by atoms with Gasteiger partial charge in [0.2, 0.25) is 0 Å². The molecule has 0 spiro atoms. The fraction of sp³-hybridized carbons (Fsp3) is 0.0556. The first-order chi connectivity index (χ1) is 29.5. The van der Waals surface area contributed by atoms with Crippen LogP contribution in [0.3, 0.4) is 0 Å². The van der Waals surface area contributed by atoms with Gasteiger partial charge in [-0.15, -0.1) is 0 Å². The molecule has 8 aromatic carbocycles. The van der Waals surface area contributed by atoms with E-state index >= 15 is 0 Å². The molecular weight excluding hydrogens is 737 g/mol. The van der Waals surface area contributed by atoms with Crippen LogP contribution >= 0.6 is 0 Å². The van der Waals surface area contributed by atoms with E-state index in [-0.39, 0.29) is 5.41 Å². The molecule has 4 heterocycles. The van der Waals surface area contributed by atoms with Gasteiger partial charge in [-0.3, -0.25) is 0 Å². The quantitative estimate of drug-likeness (QED) is 0.178. The molecule has 6 nitrogen and oxygen atoms in total. The highest BCUT2D eigenvalue weighted by atomic mass is 16.3. The van der Waals surface area contributed by atoms with Gasteiger partial charge >= 0.3 is 0 Å². The van der Waals surface area contributed by atoms with Gasteiger partial charge in [0, 0.05) is 54.4 Å². The van der Waals surface area contributed by atoms with Crippen molar-refractivity contribution in [3.63, 3.8) is 0 Å². The molecule has 6 heteroatoms. The van der Waals surface area contributed by atoms with Crippen molar-refractivity contribution in [2.45, 2.75) is 19.3 Å². The molecule has 0 atom stereocenters. The average Bonchev–Trinajstić information content (AvgIpc) is 4.01. The predicted molar refractivity (Wildman–Crippen MR) is 243 cm³/mol. The van der Waals surface area contributed by atoms with E-state index in [0.717, 1.165) is 77.3 Å². The van der Waals surface area contributed by atoms with Crippen LogP contribution in [-0.4, -0.2) is 19.5 Å². The molecule has 0 radical (unpaired) electrons. The third kappa shape index (κ3) is 4.61. The molecule has 0 amide bonds. The van der Waals surface area contributed by atoms with Crippen LogP contribution in [0.4, 0.5) is 0 Å². The second kappa shape index (κ2) is 12.1. The maximum Gasteiger partial charge on any atom is 0.164 e. The van der Waals surface area contributed by atoms with E-state index in [0.29, 0.717) is 17.5 Å². The third-order valence-electron chi connectivity index (χ3n) is 12.7. The third-order valence-corrected chi connectivity index (χ3v) is 12.7. The highest BCUT2D eigenvalue weighted by Crippen LogP contribution is 2.51. The van der Waals surface area contributed by atoms with E-state index in [2.05, 4.69) is 115 Å². The summed E-state index contributed by atoms with van der Waals surface area (Å²) in [6, 6.07) is 59.3. The number of para-hydroxylation sites is 2. The van der Waals surface area contributed by atoms with Crippen molar-refractivity contribution in [1.82, 2.24) is 19.5 Å². The summed E-state index contributed by atoms with van der Waals surface area (Å²) in [6.07, 6.45) is 0. The molecule has 1 aliphatic rings. The lowest BCUT2D eigenvalue weighted by atomic mass is 9.82. The second-order valence-corrected chi connectivity index (χ2v) is 16.4. The number of nitrogens with zero attached hydrogens (tertiary/aromatic N) is 4. The summed E-state index contributed by atoms with van der Waals surface area (Å²) in [5.41, 5.74) is 14.3. The summed E-state index contributed by atoms with van der Waals surface area (Å²) in [4.78, 5) is 15.1. The van der Waals surface area contributed by atoms with Crippen LogP contribution in [0.2, 0.25) is 0 Å². The molecule has 0 fully saturated rings. The van der Waals surface area contributed by atoms with Crippen molar-refractivity contribution in [1.29, 1.82) is 0 Å². The van der Waals surface area contributed by atoms with Crippen LogP contribution in [0.5, 0.6) is 0 Å². The molecule has 0 bridgehead atoms. The normalized spacial score (nSPS) is 13.3. The van der Waals surface area contributed by atoms with Crippen LogP contribution in [0.1, 0.15) is 25.0 Å². The Balaban J connectivity index is 1.03. The number of hydrogen-bond acceptors (Lipinski definition) is 5. The zero-order chi connectivity index (χ0) is 39.7. The van der Waals surface area contributed by atoms with Crippen LogP contribution in [0.15, 0.2) is 179 Å². The summed E-state index contributed by atoms with van der Waals surface area (Å²) < 4.78 is 16.1. The summed E-state index contributed by atoms with van der Waals surface area (Å²) in [7, 11) is 0. The molecule has 4 aromatic heterocycles. The number of aromatic nitrogens is 4. The van der Waals surface area contributed by atoms with E-state index in [1.54, 1.807) is 0 Å². The Morgan fingerprint density at radius 2 is 1.05 bits per heavy atom. The summed E-state index contributed by atoms with van der Waals surface area (Å²) in [5.74, 6) is 1.80. The van der Waals surface area contributed by atoms with Gasteiger partial charge in [-0.1, -0.05) is 141 Å². The minimum atomic E-state index is -0.129. The van der Waals surface area contributed by atoms with Crippen LogP contribution in [0, 0.1) is 0 Å². The van der Waals surface area contributed by atoms with E-state index in [1.807, 2.05) is 72.8 Å². The van der Waals surface area contributed by atoms with Crippen molar-refractivity contribution in [2.24, 2.45) is 0 Å². The van der Waals surface area contributed by atoms with Crippen LogP contribution < -0.4 is 0 Å². The molecule has 282 valence electrons. The lowest BCUT2D eigenvalue weighted by Crippen LogP contribution is -2.14. The minimum absolute atomic E-state index is 0.129. The zero-order valence-electron chi connectivity index (χ0n) is 32.8. The van der Waals surface area contributed by atoms with Crippen molar-refractivity contribution >= 4 is 65.7 Å². The van der Waals surface area contributed by atoms with Gasteiger partial charge in [0.15, 0.2) is 23.1 Å². The first-order valence-corrected chi connectivity index (χ1v) is 20.4. The van der Waals surface area contributed by atoms with Gasteiger partial charge in [-0.2, -0.15) is 0 Å². The van der Waals surface area contributed by atoms with Crippen molar-refractivity contribution < 1.29 is 8.83 Å². The van der Waals surface area contributed by atoms with Gasteiger partial charge in [-0.05, 0) is 64.7 Å². The predicted octanol–water partition coefficient (Wildman–Crippen LogP) is 14.1. The molecule has 60 heavy (non-hydrogen) atoms. The van der Waals surface area contributed by atoms with E-state index in [9.17, 15) is 0 Å². The lowest BCUT2D eigenvalue weighted by Gasteiger charge is -2.21. The van der Waals surface area contributed by atoms with Crippen molar-refractivity contribution in [3.8, 4) is 51.0 Å². The number of hydrogen-bond donors (Lipinski definition) is 0. The molecular formula is C54H34N4O2. The molecule has 1 aliphatic carbocycles. The fourth-order valence-electron chi connectivity index (χ4n) is 9.82. The Morgan fingerprint density at radius 1 is 0.417 bits per heavy atom. The van der Waals surface area contributed by atoms with Crippen molar-refractivity contribution in [2.75, 3.05) is 0 Å². The summed E-state index contributed by atoms with van der Waals surface area (Å²) in [6.45, 7) is 4.68. The highest BCUT2D eigenvalue weighted by Gasteiger charge is 2.36. The standard InChI is InChI=1S/C54H34N4O2/c1-54(2)41-23-11-9-19-33(41)37-27-38-34-20-10-12-24-43(34)58(45(38)30-42(37)54)44-25-13-21-35-39-28-48-40(29-47(39)60-50(35)44)49-36(22-14-26-46(49)59-48)53-56-51(31-15-5-3-6-16-31)55-52(57-53)32-17-7-4-8-18-32/h3-30H,1-2H3. The lowest BCUT2D eigenvalue weighted by molar-refractivity contribution is 0.660. The molecule has 12 aromatic rings. The number of furan rings is 2. The Hall–Kier alpha value is -7.83. The average molecular weight is 771 g/mol. The largest absolute Gasteiger partial charge is 0.456 e. The van der Waals surface area contributed by atoms with E-state index in [1.165, 1.54) is 33.0 Å². The van der Waals surface area contributed by atoms with Gasteiger partial charge in [0.05, 0.1) is 16.7 Å². The van der Waals surface area contributed by atoms with Gasteiger partial charge < -0.3 is 13.4 Å². The Bertz CT molecular complexity index is 3690. The van der Waals surface area contributed by atoms with E-state index < -0.39 is 0 Å². The smallest absolute Gasteiger partial charge is 0.164 e. The molecule has 0 aliphatic heterocycles. The Kier molecular flexibility index (Phi) is 6.69. The number of fused-ring (bicyclic) bond motifs is 12. The van der Waals surface area contributed by atoms with E-state index in [4.69, 9.17) is 23.8 Å². The fourth-order valence-corrected chi connectivity index (χ4v) is 9.82. The number of benzene rings is 8. The molecule has 0 saturated carbocycles. The van der Waals surface area contributed by atoms with Gasteiger partial charge in [0.25, 0.3) is 0 Å². The first-order valence-electron chi connectivity index (χ1n) is 20.4. The first kappa shape index (κ1) is 33.2. The second-order valence-electron chi connectivity index (χ2n) is 16.4. The Labute approximate surface area is 344 Å². The van der Waals surface area contributed by atoms with Gasteiger partial charge in [0.1, 0.15) is 16.7 Å². The maximum atomic E-state index is 7.01. The SMILES string of the molecule is CC1(C)c2ccccc2-c2cc3c4ccccc4n(-c4cccc5c4oc4cc6c(cc45)oc4cccc(-c5nc(-c7ccccc7)nc(-c7ccccc7)n5)c46)c3cc21. The van der Waals surface area contributed by atoms with Crippen LogP contribution in [0.25, 0.3) is 117 Å². The Morgan fingerprint density at radius 3 is 1.85 bits per heavy atom. The molecule has 0 unspecified atom stereocenters. The summed E-state index contributed by atoms with van der Waals surface area (Å²) in [5, 5.41) is 6.33. The highest BCUT2D eigenvalue weighted by molar-refractivity contribution is 6.19. The monoisotopic (exact) mass is 770 g/mol. The number of rotatable bonds is 4. The molecule has 13 rings (SSSR count). The minimum Gasteiger partial charge on any atom is -0.456 e. The van der Waals surface area contributed by atoms with Crippen LogP contribution in [-0.2, 0) is 5.41 Å². The molecule has 0 N–H and O–H groups in total. The van der Waals surface area contributed by atoms with Crippen molar-refractivity contribution in [3.05, 3.63) is 181 Å². The molecule has 0 saturated heterocycles. The maximum absolute atomic E-state index is 7.01. The summed E-state index contributed by atoms with van der Waals surface area (Å²) >= 11 is 0. The van der Waals surface area contributed by atoms with Gasteiger partial charge in [-0.25, -0.2) is 15.0 Å². The zero-order valence-corrected chi connectivity index (χ0v) is 32.8.